The van der Waals surface area contributed by atoms with Gasteiger partial charge in [-0.2, -0.15) is 0 Å². The molecular formula is C25H26Cl2N2O4. The average molecular weight is 489 g/mol. The number of hydrogen-bond donors (Lipinski definition) is 1. The zero-order chi connectivity index (χ0) is 24.0. The molecule has 0 saturated carbocycles. The number of nitrogens with zero attached hydrogens (tertiary/aromatic N) is 1. The Morgan fingerprint density at radius 2 is 1.73 bits per heavy atom. The first-order valence-corrected chi connectivity index (χ1v) is 11.5. The Labute approximate surface area is 203 Å². The van der Waals surface area contributed by atoms with Crippen LogP contribution in [0.2, 0.25) is 10.0 Å². The number of hydrogen-bond acceptors (Lipinski definition) is 4. The summed E-state index contributed by atoms with van der Waals surface area (Å²) in [6, 6.07) is 12.7. The first kappa shape index (κ1) is 24.8. The van der Waals surface area contributed by atoms with Crippen LogP contribution in [0.5, 0.6) is 0 Å². The van der Waals surface area contributed by atoms with Crippen LogP contribution in [0.3, 0.4) is 0 Å². The van der Waals surface area contributed by atoms with E-state index in [1.54, 1.807) is 17.9 Å². The van der Waals surface area contributed by atoms with Gasteiger partial charge in [0.2, 0.25) is 11.8 Å². The van der Waals surface area contributed by atoms with Crippen molar-refractivity contribution in [2.24, 2.45) is 5.92 Å². The van der Waals surface area contributed by atoms with Gasteiger partial charge in [-0.3, -0.25) is 9.59 Å². The van der Waals surface area contributed by atoms with Crippen molar-refractivity contribution in [3.63, 3.8) is 0 Å². The Bertz CT molecular complexity index is 1050. The number of nitrogens with one attached hydrogen (secondary N) is 1. The fourth-order valence-electron chi connectivity index (χ4n) is 3.73. The van der Waals surface area contributed by atoms with E-state index >= 15 is 0 Å². The SMILES string of the molecule is COC(=O)[C@H](C)NC(=O)C1CCN(C(=O)/C=C/c2ccc(-c3ccccc3)c(Cl)c2Cl)CC1. The predicted molar refractivity (Wildman–Crippen MR) is 130 cm³/mol. The maximum Gasteiger partial charge on any atom is 0.328 e. The molecule has 1 aliphatic heterocycles. The van der Waals surface area contributed by atoms with E-state index in [4.69, 9.17) is 23.2 Å². The number of benzene rings is 2. The van der Waals surface area contributed by atoms with Crippen LogP contribution in [0.25, 0.3) is 17.2 Å². The van der Waals surface area contributed by atoms with Gasteiger partial charge in [-0.1, -0.05) is 65.7 Å². The van der Waals surface area contributed by atoms with Crippen molar-refractivity contribution in [1.82, 2.24) is 10.2 Å². The number of halogens is 2. The lowest BCUT2D eigenvalue weighted by Crippen LogP contribution is -2.46. The summed E-state index contributed by atoms with van der Waals surface area (Å²) in [5, 5.41) is 3.48. The lowest BCUT2D eigenvalue weighted by Gasteiger charge is -2.31. The molecule has 33 heavy (non-hydrogen) atoms. The molecule has 174 valence electrons. The van der Waals surface area contributed by atoms with E-state index < -0.39 is 12.0 Å². The molecule has 1 aliphatic rings. The summed E-state index contributed by atoms with van der Waals surface area (Å²) in [5.74, 6) is -1.09. The molecule has 3 rings (SSSR count). The summed E-state index contributed by atoms with van der Waals surface area (Å²) in [6.45, 7) is 2.49. The Balaban J connectivity index is 1.58. The molecule has 2 amide bonds. The van der Waals surface area contributed by atoms with Gasteiger partial charge in [0.05, 0.1) is 17.2 Å². The van der Waals surface area contributed by atoms with Crippen LogP contribution >= 0.6 is 23.2 Å². The minimum Gasteiger partial charge on any atom is -0.467 e. The minimum absolute atomic E-state index is 0.156. The second-order valence-electron chi connectivity index (χ2n) is 7.88. The van der Waals surface area contributed by atoms with E-state index in [0.29, 0.717) is 41.5 Å². The van der Waals surface area contributed by atoms with Crippen LogP contribution in [0, 0.1) is 5.92 Å². The molecule has 0 radical (unpaired) electrons. The highest BCUT2D eigenvalue weighted by molar-refractivity contribution is 6.44. The molecule has 1 heterocycles. The molecule has 1 fully saturated rings. The quantitative estimate of drug-likeness (QED) is 0.476. The number of esters is 1. The summed E-state index contributed by atoms with van der Waals surface area (Å²) < 4.78 is 4.62. The zero-order valence-electron chi connectivity index (χ0n) is 18.5. The van der Waals surface area contributed by atoms with Gasteiger partial charge in [-0.05, 0) is 37.0 Å². The molecule has 0 aromatic heterocycles. The van der Waals surface area contributed by atoms with Crippen molar-refractivity contribution in [1.29, 1.82) is 0 Å². The lowest BCUT2D eigenvalue weighted by molar-refractivity contribution is -0.145. The summed E-state index contributed by atoms with van der Waals surface area (Å²) in [7, 11) is 1.28. The monoisotopic (exact) mass is 488 g/mol. The summed E-state index contributed by atoms with van der Waals surface area (Å²) in [6.07, 6.45) is 4.18. The Morgan fingerprint density at radius 1 is 1.06 bits per heavy atom. The highest BCUT2D eigenvalue weighted by Crippen LogP contribution is 2.36. The van der Waals surface area contributed by atoms with E-state index in [-0.39, 0.29) is 17.7 Å². The zero-order valence-corrected chi connectivity index (χ0v) is 20.0. The Hall–Kier alpha value is -2.83. The van der Waals surface area contributed by atoms with Crippen LogP contribution < -0.4 is 5.32 Å². The second-order valence-corrected chi connectivity index (χ2v) is 8.64. The first-order chi connectivity index (χ1) is 15.8. The summed E-state index contributed by atoms with van der Waals surface area (Å²) >= 11 is 12.9. The number of piperidine rings is 1. The van der Waals surface area contributed by atoms with Crippen LogP contribution in [0.4, 0.5) is 0 Å². The van der Waals surface area contributed by atoms with Gasteiger partial charge in [-0.15, -0.1) is 0 Å². The van der Waals surface area contributed by atoms with Gasteiger partial charge < -0.3 is 15.0 Å². The number of methoxy groups -OCH3 is 1. The van der Waals surface area contributed by atoms with E-state index in [1.165, 1.54) is 13.2 Å². The fourth-order valence-corrected chi connectivity index (χ4v) is 4.24. The number of amides is 2. The summed E-state index contributed by atoms with van der Waals surface area (Å²) in [5.41, 5.74) is 2.44. The number of ether oxygens (including phenoxy) is 1. The molecule has 2 aromatic carbocycles. The molecule has 0 spiro atoms. The smallest absolute Gasteiger partial charge is 0.328 e. The van der Waals surface area contributed by atoms with Gasteiger partial charge in [0, 0.05) is 30.6 Å². The first-order valence-electron chi connectivity index (χ1n) is 10.7. The molecule has 8 heteroatoms. The Kier molecular flexibility index (Phi) is 8.53. The van der Waals surface area contributed by atoms with Crippen molar-refractivity contribution >= 4 is 47.1 Å². The van der Waals surface area contributed by atoms with Crippen LogP contribution in [0.15, 0.2) is 48.5 Å². The van der Waals surface area contributed by atoms with Gasteiger partial charge in [0.1, 0.15) is 6.04 Å². The van der Waals surface area contributed by atoms with Crippen LogP contribution in [0.1, 0.15) is 25.3 Å². The normalized spacial score (nSPS) is 15.3. The van der Waals surface area contributed by atoms with Gasteiger partial charge in [0.15, 0.2) is 0 Å². The topological polar surface area (TPSA) is 75.7 Å². The average Bonchev–Trinajstić information content (AvgIpc) is 2.84. The van der Waals surface area contributed by atoms with Crippen LogP contribution in [-0.2, 0) is 19.1 Å². The molecule has 0 unspecified atom stereocenters. The standard InChI is InChI=1S/C25H26Cl2N2O4/c1-16(25(32)33-2)28-24(31)19-12-14-29(15-13-19)21(30)11-9-18-8-10-20(23(27)22(18)26)17-6-4-3-5-7-17/h3-11,16,19H,12-15H2,1-2H3,(H,28,31)/b11-9+/t16-/m0/s1. The summed E-state index contributed by atoms with van der Waals surface area (Å²) in [4.78, 5) is 38.2. The van der Waals surface area contributed by atoms with Crippen molar-refractivity contribution in [3.8, 4) is 11.1 Å². The van der Waals surface area contributed by atoms with E-state index in [1.807, 2.05) is 42.5 Å². The van der Waals surface area contributed by atoms with Crippen molar-refractivity contribution in [2.45, 2.75) is 25.8 Å². The third kappa shape index (κ3) is 6.15. The lowest BCUT2D eigenvalue weighted by atomic mass is 9.95. The predicted octanol–water partition coefficient (Wildman–Crippen LogP) is 4.59. The molecule has 1 atom stereocenters. The molecule has 0 bridgehead atoms. The largest absolute Gasteiger partial charge is 0.467 e. The van der Waals surface area contributed by atoms with Gasteiger partial charge in [0.25, 0.3) is 0 Å². The molecule has 0 aliphatic carbocycles. The third-order valence-electron chi connectivity index (χ3n) is 5.69. The fraction of sp³-hybridized carbons (Fsp3) is 0.320. The second kappa shape index (κ2) is 11.3. The Morgan fingerprint density at radius 3 is 2.36 bits per heavy atom. The molecule has 2 aromatic rings. The maximum atomic E-state index is 12.6. The number of likely N-dealkylation sites (tertiary alicyclic amines) is 1. The van der Waals surface area contributed by atoms with Crippen molar-refractivity contribution in [3.05, 3.63) is 64.1 Å². The minimum atomic E-state index is -0.699. The van der Waals surface area contributed by atoms with E-state index in [9.17, 15) is 14.4 Å². The highest BCUT2D eigenvalue weighted by atomic mass is 35.5. The third-order valence-corrected chi connectivity index (χ3v) is 6.59. The number of rotatable bonds is 6. The van der Waals surface area contributed by atoms with Crippen LogP contribution in [-0.4, -0.2) is 48.9 Å². The molecule has 1 N–H and O–H groups in total. The van der Waals surface area contributed by atoms with E-state index in [2.05, 4.69) is 10.1 Å². The molecular weight excluding hydrogens is 463 g/mol. The van der Waals surface area contributed by atoms with Crippen molar-refractivity contribution in [2.75, 3.05) is 20.2 Å². The number of carbonyl (C=O) groups is 3. The van der Waals surface area contributed by atoms with Crippen molar-refractivity contribution < 1.29 is 19.1 Å². The van der Waals surface area contributed by atoms with Gasteiger partial charge in [-0.25, -0.2) is 4.79 Å². The maximum absolute atomic E-state index is 12.6. The molecule has 1 saturated heterocycles. The highest BCUT2D eigenvalue weighted by Gasteiger charge is 2.28. The number of carbonyl (C=O) groups excluding carboxylic acids is 3. The van der Waals surface area contributed by atoms with Gasteiger partial charge >= 0.3 is 5.97 Å². The molecule has 6 nitrogen and oxygen atoms in total. The van der Waals surface area contributed by atoms with E-state index in [0.717, 1.165) is 11.1 Å².